The number of ether oxygens (including phenoxy) is 1. The summed E-state index contributed by atoms with van der Waals surface area (Å²) in [5.74, 6) is 0.855. The Morgan fingerprint density at radius 3 is 3.10 bits per heavy atom. The summed E-state index contributed by atoms with van der Waals surface area (Å²) in [6.45, 7) is 4.84. The zero-order valence-corrected chi connectivity index (χ0v) is 6.69. The van der Waals surface area contributed by atoms with Crippen LogP contribution in [0.1, 0.15) is 6.42 Å². The highest BCUT2D eigenvalue weighted by Crippen LogP contribution is 1.98. The highest BCUT2D eigenvalue weighted by molar-refractivity contribution is 8.03. The van der Waals surface area contributed by atoms with E-state index in [1.54, 1.807) is 6.08 Å². The molecule has 0 aliphatic heterocycles. The van der Waals surface area contributed by atoms with Gasteiger partial charge in [0.25, 0.3) is 0 Å². The largest absolute Gasteiger partial charge is 0.377 e. The maximum atomic E-state index is 8.12. The van der Waals surface area contributed by atoms with Gasteiger partial charge in [0.1, 0.15) is 5.40 Å². The second-order valence-corrected chi connectivity index (χ2v) is 2.54. The van der Waals surface area contributed by atoms with Crippen molar-refractivity contribution in [2.24, 2.45) is 0 Å². The lowest BCUT2D eigenvalue weighted by molar-refractivity contribution is 0.164. The fourth-order valence-electron chi connectivity index (χ4n) is 0.445. The molecule has 0 aromatic carbocycles. The minimum atomic E-state index is 0.608. The molecule has 0 heterocycles. The number of nitrogens with zero attached hydrogens (tertiary/aromatic N) is 1. The van der Waals surface area contributed by atoms with Crippen LogP contribution in [-0.4, -0.2) is 19.0 Å². The van der Waals surface area contributed by atoms with E-state index >= 15 is 0 Å². The lowest BCUT2D eigenvalue weighted by atomic mass is 10.5. The molecule has 0 unspecified atom stereocenters. The van der Waals surface area contributed by atoms with E-state index in [-0.39, 0.29) is 0 Å². The summed E-state index contributed by atoms with van der Waals surface area (Å²) in [5.41, 5.74) is 0. The molecule has 0 atom stereocenters. The van der Waals surface area contributed by atoms with Crippen molar-refractivity contribution < 1.29 is 4.74 Å². The lowest BCUT2D eigenvalue weighted by Crippen LogP contribution is -1.94. The molecule has 0 saturated carbocycles. The number of thioether (sulfide) groups is 1. The minimum absolute atomic E-state index is 0.608. The van der Waals surface area contributed by atoms with Gasteiger partial charge in [-0.1, -0.05) is 6.08 Å². The third kappa shape index (κ3) is 7.54. The van der Waals surface area contributed by atoms with Gasteiger partial charge in [-0.25, -0.2) is 0 Å². The van der Waals surface area contributed by atoms with Crippen LogP contribution in [0.5, 0.6) is 0 Å². The molecule has 0 radical (unpaired) electrons. The molecule has 3 heteroatoms. The molecular weight excluding hydrogens is 146 g/mol. The van der Waals surface area contributed by atoms with Crippen molar-refractivity contribution in [2.45, 2.75) is 6.42 Å². The molecule has 0 aromatic rings. The standard InChI is InChI=1S/C7H11NOS/c1-2-4-9-5-3-6-10-7-8/h2H,1,3-6H2. The quantitative estimate of drug-likeness (QED) is 0.335. The van der Waals surface area contributed by atoms with E-state index in [1.807, 2.05) is 5.40 Å². The highest BCUT2D eigenvalue weighted by Gasteiger charge is 1.86. The Morgan fingerprint density at radius 2 is 2.50 bits per heavy atom. The maximum absolute atomic E-state index is 8.12. The Balaban J connectivity index is 2.78. The van der Waals surface area contributed by atoms with Crippen molar-refractivity contribution in [3.8, 4) is 5.40 Å². The fraction of sp³-hybridized carbons (Fsp3) is 0.571. The average Bonchev–Trinajstić information content (AvgIpc) is 1.97. The van der Waals surface area contributed by atoms with E-state index in [4.69, 9.17) is 10.00 Å². The van der Waals surface area contributed by atoms with Gasteiger partial charge in [0.15, 0.2) is 0 Å². The molecule has 0 aliphatic rings. The highest BCUT2D eigenvalue weighted by atomic mass is 32.2. The monoisotopic (exact) mass is 157 g/mol. The zero-order chi connectivity index (χ0) is 7.66. The smallest absolute Gasteiger partial charge is 0.133 e. The Labute approximate surface area is 65.9 Å². The van der Waals surface area contributed by atoms with Crippen LogP contribution in [0.3, 0.4) is 0 Å². The van der Waals surface area contributed by atoms with E-state index in [2.05, 4.69) is 6.58 Å². The molecule has 0 spiro atoms. The van der Waals surface area contributed by atoms with Crippen molar-refractivity contribution in [1.29, 1.82) is 5.26 Å². The van der Waals surface area contributed by atoms with Gasteiger partial charge in [-0.2, -0.15) is 5.26 Å². The summed E-state index contributed by atoms with van der Waals surface area (Å²) in [7, 11) is 0. The summed E-state index contributed by atoms with van der Waals surface area (Å²) in [6, 6.07) is 0. The number of rotatable bonds is 6. The summed E-state index contributed by atoms with van der Waals surface area (Å²) in [5, 5.41) is 10.1. The fourth-order valence-corrected chi connectivity index (χ4v) is 0.799. The Morgan fingerprint density at radius 1 is 1.70 bits per heavy atom. The molecule has 10 heavy (non-hydrogen) atoms. The van der Waals surface area contributed by atoms with Gasteiger partial charge in [-0.3, -0.25) is 0 Å². The number of hydrogen-bond acceptors (Lipinski definition) is 3. The summed E-state index contributed by atoms with van der Waals surface area (Å²) in [6.07, 6.45) is 2.66. The van der Waals surface area contributed by atoms with E-state index in [0.29, 0.717) is 6.61 Å². The lowest BCUT2D eigenvalue weighted by Gasteiger charge is -1.96. The second kappa shape index (κ2) is 8.54. The number of hydrogen-bond donors (Lipinski definition) is 0. The molecule has 0 saturated heterocycles. The first-order valence-corrected chi connectivity index (χ1v) is 4.10. The SMILES string of the molecule is C=CCOCCCSC#N. The van der Waals surface area contributed by atoms with Crippen molar-refractivity contribution in [3.63, 3.8) is 0 Å². The first-order chi connectivity index (χ1) is 4.91. The molecule has 0 aliphatic carbocycles. The first-order valence-electron chi connectivity index (χ1n) is 3.11. The van der Waals surface area contributed by atoms with Crippen LogP contribution in [-0.2, 0) is 4.74 Å². The average molecular weight is 157 g/mol. The maximum Gasteiger partial charge on any atom is 0.133 e. The predicted octanol–water partition coefficient (Wildman–Crippen LogP) is 1.79. The minimum Gasteiger partial charge on any atom is -0.377 e. The predicted molar refractivity (Wildman–Crippen MR) is 43.7 cm³/mol. The van der Waals surface area contributed by atoms with Crippen molar-refractivity contribution in [1.82, 2.24) is 0 Å². The van der Waals surface area contributed by atoms with E-state index in [9.17, 15) is 0 Å². The Hall–Kier alpha value is -0.460. The van der Waals surface area contributed by atoms with Crippen molar-refractivity contribution in [3.05, 3.63) is 12.7 Å². The number of nitriles is 1. The Kier molecular flexibility index (Phi) is 8.15. The van der Waals surface area contributed by atoms with Gasteiger partial charge in [-0.15, -0.1) is 6.58 Å². The third-order valence-electron chi connectivity index (χ3n) is 0.835. The third-order valence-corrected chi connectivity index (χ3v) is 1.46. The number of thiocyanates is 1. The zero-order valence-electron chi connectivity index (χ0n) is 5.88. The second-order valence-electron chi connectivity index (χ2n) is 1.66. The van der Waals surface area contributed by atoms with E-state index < -0.39 is 0 Å². The van der Waals surface area contributed by atoms with Crippen LogP contribution in [0, 0.1) is 10.7 Å². The molecule has 0 N–H and O–H groups in total. The molecule has 0 bridgehead atoms. The van der Waals surface area contributed by atoms with Crippen LogP contribution in [0.4, 0.5) is 0 Å². The molecular formula is C7H11NOS. The summed E-state index contributed by atoms with van der Waals surface area (Å²) >= 11 is 1.27. The van der Waals surface area contributed by atoms with E-state index in [0.717, 1.165) is 18.8 Å². The molecule has 0 amide bonds. The van der Waals surface area contributed by atoms with Crippen LogP contribution < -0.4 is 0 Å². The topological polar surface area (TPSA) is 33.0 Å². The van der Waals surface area contributed by atoms with Crippen LogP contribution >= 0.6 is 11.8 Å². The van der Waals surface area contributed by atoms with Gasteiger partial charge in [0.05, 0.1) is 6.61 Å². The first kappa shape index (κ1) is 9.54. The van der Waals surface area contributed by atoms with Crippen LogP contribution in [0.2, 0.25) is 0 Å². The molecule has 0 fully saturated rings. The van der Waals surface area contributed by atoms with Gasteiger partial charge < -0.3 is 4.74 Å². The van der Waals surface area contributed by atoms with Crippen molar-refractivity contribution >= 4 is 11.8 Å². The van der Waals surface area contributed by atoms with Crippen molar-refractivity contribution in [2.75, 3.05) is 19.0 Å². The van der Waals surface area contributed by atoms with Crippen LogP contribution in [0.15, 0.2) is 12.7 Å². The van der Waals surface area contributed by atoms with Gasteiger partial charge >= 0.3 is 0 Å². The molecule has 0 aromatic heterocycles. The van der Waals surface area contributed by atoms with Gasteiger partial charge in [0.2, 0.25) is 0 Å². The Bertz CT molecular complexity index is 119. The summed E-state index contributed by atoms with van der Waals surface area (Å²) in [4.78, 5) is 0. The molecule has 2 nitrogen and oxygen atoms in total. The molecule has 56 valence electrons. The van der Waals surface area contributed by atoms with E-state index in [1.165, 1.54) is 11.8 Å². The molecule has 0 rings (SSSR count). The van der Waals surface area contributed by atoms with Crippen LogP contribution in [0.25, 0.3) is 0 Å². The normalized spacial score (nSPS) is 8.70. The summed E-state index contributed by atoms with van der Waals surface area (Å²) < 4.78 is 5.09. The van der Waals surface area contributed by atoms with Gasteiger partial charge in [-0.05, 0) is 18.2 Å². The van der Waals surface area contributed by atoms with Gasteiger partial charge in [0, 0.05) is 12.4 Å².